The third-order valence-electron chi connectivity index (χ3n) is 18.6. The highest BCUT2D eigenvalue weighted by Gasteiger charge is 2.58. The predicted octanol–water partition coefficient (Wildman–Crippen LogP) is 9.80. The number of aliphatic hydroxyl groups is 10. The standard InChI is InChI=1S/C70H131O24P/c1-4-7-10-13-16-19-22-25-27-30-32-35-38-41-44-54(72)86-48-51(89-56(74)46-43-40-37-34-29-24-21-18-15-12-9-6-3)49-88-95(84,85)94-68-66(92-69-64(82)59(77)57(75)52(47-71)90-69)62(80)61(79)63(81)67(68)93-70-65(83)60(78)58(76)53(91-70)50-87-55(73)45-42-39-36-33-31-28-26-23-20-17-14-11-8-5-2/h51-53,57-71,75-83H,4-50H2,1-3H3,(H,84,85). The van der Waals surface area contributed by atoms with Crippen molar-refractivity contribution in [1.29, 1.82) is 0 Å². The number of ether oxygens (including phenoxy) is 7. The highest BCUT2D eigenvalue weighted by Crippen LogP contribution is 2.49. The number of phosphoric ester groups is 1. The lowest BCUT2D eigenvalue weighted by atomic mass is 9.84. The van der Waals surface area contributed by atoms with Gasteiger partial charge in [-0.1, -0.05) is 258 Å². The molecule has 3 rings (SSSR count). The zero-order valence-corrected chi connectivity index (χ0v) is 59.1. The Labute approximate surface area is 568 Å². The van der Waals surface area contributed by atoms with Crippen molar-refractivity contribution in [3.05, 3.63) is 0 Å². The Morgan fingerprint density at radius 3 is 1.03 bits per heavy atom. The Morgan fingerprint density at radius 1 is 0.368 bits per heavy atom. The number of phosphoric acid groups is 1. The van der Waals surface area contributed by atoms with Gasteiger partial charge in [-0.25, -0.2) is 4.57 Å². The lowest BCUT2D eigenvalue weighted by Gasteiger charge is -2.49. The summed E-state index contributed by atoms with van der Waals surface area (Å²) in [6.07, 6.45) is 8.91. The topological polar surface area (TPSA) is 374 Å². The Hall–Kier alpha value is -2.04. The quantitative estimate of drug-likeness (QED) is 0.0117. The van der Waals surface area contributed by atoms with E-state index in [1.807, 2.05) is 0 Å². The second-order valence-corrected chi connectivity index (χ2v) is 28.4. The molecular formula is C70H131O24P. The van der Waals surface area contributed by atoms with Crippen molar-refractivity contribution in [1.82, 2.24) is 0 Å². The Morgan fingerprint density at radius 2 is 0.674 bits per heavy atom. The van der Waals surface area contributed by atoms with Gasteiger partial charge in [0.25, 0.3) is 0 Å². The van der Waals surface area contributed by atoms with Gasteiger partial charge in [0, 0.05) is 19.3 Å². The van der Waals surface area contributed by atoms with Crippen LogP contribution < -0.4 is 0 Å². The normalized spacial score (nSPS) is 28.1. The molecule has 0 aromatic carbocycles. The van der Waals surface area contributed by atoms with Crippen LogP contribution in [0.1, 0.15) is 297 Å². The molecular weight excluding hydrogens is 1260 g/mol. The average molecular weight is 1390 g/mol. The van der Waals surface area contributed by atoms with Gasteiger partial charge in [0.1, 0.15) is 98.7 Å². The number of carbonyl (C=O) groups excluding carboxylic acids is 3. The van der Waals surface area contributed by atoms with Gasteiger partial charge in [0.05, 0.1) is 13.2 Å². The molecule has 0 aromatic rings. The SMILES string of the molecule is CCCCCCCCCCCCCCCCC(=O)OCC(COP(=O)(O)OC1C(OC2OC(CO)C(O)C(O)C2O)C(O)C(O)C(O)C1OC1OC(COC(=O)CCCCCCCCCCCCCCCC)C(O)C(O)C1O)OC(=O)CCCCCCCCCCCCCC. The number of aliphatic hydroxyl groups excluding tert-OH is 10. The van der Waals surface area contributed by atoms with E-state index in [1.165, 1.54) is 148 Å². The first kappa shape index (κ1) is 87.2. The van der Waals surface area contributed by atoms with Gasteiger partial charge in [0.2, 0.25) is 0 Å². The molecule has 3 aliphatic rings. The van der Waals surface area contributed by atoms with Crippen LogP contribution in [0.4, 0.5) is 0 Å². The number of unbranched alkanes of at least 4 members (excludes halogenated alkanes) is 37. The highest BCUT2D eigenvalue weighted by atomic mass is 31.2. The molecule has 95 heavy (non-hydrogen) atoms. The lowest BCUT2D eigenvalue weighted by Crippen LogP contribution is -2.69. The van der Waals surface area contributed by atoms with Crippen molar-refractivity contribution < 1.29 is 117 Å². The molecule has 0 amide bonds. The Kier molecular flexibility index (Phi) is 48.5. The summed E-state index contributed by atoms with van der Waals surface area (Å²) in [4.78, 5) is 50.9. The van der Waals surface area contributed by atoms with E-state index in [0.717, 1.165) is 89.9 Å². The maximum atomic E-state index is 14.3. The lowest BCUT2D eigenvalue weighted by molar-refractivity contribution is -0.360. The van der Waals surface area contributed by atoms with Crippen molar-refractivity contribution in [2.75, 3.05) is 26.4 Å². The van der Waals surface area contributed by atoms with Gasteiger partial charge >= 0.3 is 25.7 Å². The molecule has 3 fully saturated rings. The van der Waals surface area contributed by atoms with Crippen LogP contribution in [0.15, 0.2) is 0 Å². The first-order chi connectivity index (χ1) is 45.8. The fourth-order valence-corrected chi connectivity index (χ4v) is 13.5. The van der Waals surface area contributed by atoms with E-state index in [0.29, 0.717) is 19.3 Å². The molecule has 1 aliphatic carbocycles. The minimum absolute atomic E-state index is 0.0337. The molecule has 2 saturated heterocycles. The van der Waals surface area contributed by atoms with E-state index in [4.69, 9.17) is 42.2 Å². The molecule has 0 aromatic heterocycles. The van der Waals surface area contributed by atoms with E-state index < -0.39 is 156 Å². The minimum atomic E-state index is -5.69. The summed E-state index contributed by atoms with van der Waals surface area (Å²) in [7, 11) is -5.69. The van der Waals surface area contributed by atoms with Crippen molar-refractivity contribution in [3.8, 4) is 0 Å². The molecule has 1 saturated carbocycles. The molecule has 11 N–H and O–H groups in total. The number of hydrogen-bond acceptors (Lipinski definition) is 23. The van der Waals surface area contributed by atoms with Crippen molar-refractivity contribution in [3.63, 3.8) is 0 Å². The van der Waals surface area contributed by atoms with Crippen LogP contribution in [-0.4, -0.2) is 204 Å². The summed E-state index contributed by atoms with van der Waals surface area (Å²) in [5, 5.41) is 110. The maximum absolute atomic E-state index is 14.3. The van der Waals surface area contributed by atoms with E-state index in [9.17, 15) is 74.9 Å². The zero-order valence-electron chi connectivity index (χ0n) is 58.2. The first-order valence-corrected chi connectivity index (χ1v) is 38.8. The second-order valence-electron chi connectivity index (χ2n) is 27.0. The van der Waals surface area contributed by atoms with Crippen LogP contribution in [0, 0.1) is 0 Å². The molecule has 0 bridgehead atoms. The third-order valence-corrected chi connectivity index (χ3v) is 19.6. The van der Waals surface area contributed by atoms with Crippen molar-refractivity contribution in [2.45, 2.75) is 401 Å². The van der Waals surface area contributed by atoms with Gasteiger partial charge in [0.15, 0.2) is 18.7 Å². The highest BCUT2D eigenvalue weighted by molar-refractivity contribution is 7.47. The molecule has 24 nitrogen and oxygen atoms in total. The van der Waals surface area contributed by atoms with E-state index in [2.05, 4.69) is 20.8 Å². The maximum Gasteiger partial charge on any atom is 0.472 e. The predicted molar refractivity (Wildman–Crippen MR) is 356 cm³/mol. The number of esters is 3. The van der Waals surface area contributed by atoms with Gasteiger partial charge in [-0.3, -0.25) is 23.4 Å². The monoisotopic (exact) mass is 1390 g/mol. The molecule has 560 valence electrons. The summed E-state index contributed by atoms with van der Waals surface area (Å²) in [5.74, 6) is -1.97. The Balaban J connectivity index is 1.73. The van der Waals surface area contributed by atoms with E-state index >= 15 is 0 Å². The van der Waals surface area contributed by atoms with Crippen molar-refractivity contribution in [2.24, 2.45) is 0 Å². The largest absolute Gasteiger partial charge is 0.472 e. The van der Waals surface area contributed by atoms with Crippen LogP contribution >= 0.6 is 7.82 Å². The van der Waals surface area contributed by atoms with Crippen LogP contribution in [-0.2, 0) is 61.2 Å². The average Bonchev–Trinajstić information content (AvgIpc) is 0.764. The molecule has 0 radical (unpaired) electrons. The molecule has 18 unspecified atom stereocenters. The van der Waals surface area contributed by atoms with E-state index in [-0.39, 0.29) is 19.3 Å². The number of carbonyl (C=O) groups is 3. The van der Waals surface area contributed by atoms with Gasteiger partial charge < -0.3 is 89.1 Å². The van der Waals surface area contributed by atoms with Crippen LogP contribution in [0.3, 0.4) is 0 Å². The molecule has 25 heteroatoms. The van der Waals surface area contributed by atoms with Crippen molar-refractivity contribution >= 4 is 25.7 Å². The first-order valence-electron chi connectivity index (χ1n) is 37.3. The minimum Gasteiger partial charge on any atom is -0.463 e. The van der Waals surface area contributed by atoms with Gasteiger partial charge in [-0.05, 0) is 19.3 Å². The summed E-state index contributed by atoms with van der Waals surface area (Å²) in [6, 6.07) is 0. The summed E-state index contributed by atoms with van der Waals surface area (Å²) in [5.41, 5.74) is 0. The number of rotatable bonds is 58. The smallest absolute Gasteiger partial charge is 0.463 e. The summed E-state index contributed by atoms with van der Waals surface area (Å²) in [6.45, 7) is 3.45. The molecule has 0 spiro atoms. The van der Waals surface area contributed by atoms with Gasteiger partial charge in [-0.15, -0.1) is 0 Å². The molecule has 18 atom stereocenters. The van der Waals surface area contributed by atoms with E-state index in [1.54, 1.807) is 0 Å². The van der Waals surface area contributed by atoms with Crippen LogP contribution in [0.5, 0.6) is 0 Å². The van der Waals surface area contributed by atoms with Crippen LogP contribution in [0.2, 0.25) is 0 Å². The number of hydrogen-bond donors (Lipinski definition) is 11. The fourth-order valence-electron chi connectivity index (χ4n) is 12.5. The van der Waals surface area contributed by atoms with Crippen LogP contribution in [0.25, 0.3) is 0 Å². The zero-order chi connectivity index (χ0) is 69.6. The summed E-state index contributed by atoms with van der Waals surface area (Å²) < 4.78 is 65.0. The van der Waals surface area contributed by atoms with Gasteiger partial charge in [-0.2, -0.15) is 0 Å². The molecule has 2 aliphatic heterocycles. The second kappa shape index (κ2) is 52.9. The summed E-state index contributed by atoms with van der Waals surface area (Å²) >= 11 is 0. The molecule has 2 heterocycles. The third kappa shape index (κ3) is 36.4. The Bertz CT molecular complexity index is 1980. The fraction of sp³-hybridized carbons (Fsp3) is 0.957.